The molecule has 2 fully saturated rings. The molecule has 13 heteroatoms. The van der Waals surface area contributed by atoms with Crippen molar-refractivity contribution in [3.05, 3.63) is 65.2 Å². The molecule has 1 saturated heterocycles. The first-order valence-corrected chi connectivity index (χ1v) is 16.2. The highest BCUT2D eigenvalue weighted by molar-refractivity contribution is 7.92. The van der Waals surface area contributed by atoms with Crippen molar-refractivity contribution >= 4 is 21.9 Å². The molecule has 1 unspecified atom stereocenters. The number of aryl methyl sites for hydroxylation is 2. The van der Waals surface area contributed by atoms with E-state index in [2.05, 4.69) is 14.7 Å². The number of sulfonamides is 1. The van der Waals surface area contributed by atoms with E-state index < -0.39 is 27.7 Å². The lowest BCUT2D eigenvalue weighted by Crippen LogP contribution is -2.49. The van der Waals surface area contributed by atoms with Gasteiger partial charge in [-0.3, -0.25) is 9.69 Å². The fraction of sp³-hybridized carbons (Fsp3) is 0.452. The standard InChI is InChI=1S/C31H34F3N5O4S/c1-20-6-3-7-21(2)27(20)25-17-26-36-29(35-25)37-44(41,42)24-9-4-8-22(16-24)28(40)39-14-5-13-38(18-23(19-39)43-26)15-12-30(10-11-30)31(32,33)34/h3-4,6-9,16-17,23H,5,10-15,18-19H2,1-2H3,(H,35,36,37). The van der Waals surface area contributed by atoms with E-state index >= 15 is 0 Å². The molecule has 1 aromatic heterocycles. The molecule has 2 aromatic carbocycles. The number of carbonyl (C=O) groups is 1. The topological polar surface area (TPSA) is 105 Å². The van der Waals surface area contributed by atoms with Crippen molar-refractivity contribution in [1.82, 2.24) is 19.8 Å². The lowest BCUT2D eigenvalue weighted by atomic mass is 10.00. The maximum absolute atomic E-state index is 13.7. The second-order valence-electron chi connectivity index (χ2n) is 12.0. The number of amides is 1. The van der Waals surface area contributed by atoms with Gasteiger partial charge >= 0.3 is 6.18 Å². The number of carbonyl (C=O) groups excluding carboxylic acids is 1. The fourth-order valence-electron chi connectivity index (χ4n) is 6.13. The van der Waals surface area contributed by atoms with Crippen LogP contribution in [0.15, 0.2) is 53.4 Å². The number of hydrogen-bond acceptors (Lipinski definition) is 7. The molecule has 6 bridgehead atoms. The van der Waals surface area contributed by atoms with Gasteiger partial charge in [-0.05, 0) is 81.9 Å². The van der Waals surface area contributed by atoms with Crippen LogP contribution >= 0.6 is 0 Å². The lowest BCUT2D eigenvalue weighted by molar-refractivity contribution is -0.190. The molecule has 1 aliphatic carbocycles. The summed E-state index contributed by atoms with van der Waals surface area (Å²) in [4.78, 5) is 26.0. The van der Waals surface area contributed by atoms with Crippen LogP contribution < -0.4 is 9.46 Å². The Hall–Kier alpha value is -3.71. The molecule has 0 radical (unpaired) electrons. The number of hydrogen-bond donors (Lipinski definition) is 1. The average Bonchev–Trinajstić information content (AvgIpc) is 3.74. The van der Waals surface area contributed by atoms with Crippen molar-refractivity contribution < 1.29 is 31.1 Å². The second-order valence-corrected chi connectivity index (χ2v) is 13.7. The molecule has 1 N–H and O–H groups in total. The van der Waals surface area contributed by atoms with Crippen molar-refractivity contribution in [2.45, 2.75) is 56.7 Å². The number of aromatic nitrogens is 2. The summed E-state index contributed by atoms with van der Waals surface area (Å²) in [6.07, 6.45) is -4.04. The highest BCUT2D eigenvalue weighted by Crippen LogP contribution is 2.60. The van der Waals surface area contributed by atoms with E-state index in [-0.39, 0.29) is 67.1 Å². The summed E-state index contributed by atoms with van der Waals surface area (Å²) in [5, 5.41) is 0. The molecule has 3 aliphatic rings. The van der Waals surface area contributed by atoms with Crippen LogP contribution in [0, 0.1) is 19.3 Å². The molecular formula is C31H34F3N5O4S. The van der Waals surface area contributed by atoms with Gasteiger partial charge in [0.05, 0.1) is 22.5 Å². The monoisotopic (exact) mass is 629 g/mol. The minimum Gasteiger partial charge on any atom is -0.471 e. The Kier molecular flexibility index (Phi) is 7.81. The summed E-state index contributed by atoms with van der Waals surface area (Å²) >= 11 is 0. The van der Waals surface area contributed by atoms with Gasteiger partial charge in [0, 0.05) is 30.3 Å². The normalized spacial score (nSPS) is 21.4. The number of benzene rings is 2. The van der Waals surface area contributed by atoms with Gasteiger partial charge in [0.25, 0.3) is 15.9 Å². The highest BCUT2D eigenvalue weighted by Gasteiger charge is 2.62. The van der Waals surface area contributed by atoms with E-state index in [1.807, 2.05) is 36.9 Å². The van der Waals surface area contributed by atoms with Gasteiger partial charge in [0.15, 0.2) is 0 Å². The number of anilines is 1. The first-order chi connectivity index (χ1) is 20.8. The van der Waals surface area contributed by atoms with Gasteiger partial charge in [0.2, 0.25) is 11.8 Å². The van der Waals surface area contributed by atoms with Gasteiger partial charge in [-0.2, -0.15) is 18.2 Å². The first kappa shape index (κ1) is 30.3. The predicted octanol–water partition coefficient (Wildman–Crippen LogP) is 5.20. The fourth-order valence-corrected chi connectivity index (χ4v) is 7.12. The smallest absolute Gasteiger partial charge is 0.394 e. The Balaban J connectivity index is 1.40. The summed E-state index contributed by atoms with van der Waals surface area (Å²) in [5.74, 6) is -0.462. The number of alkyl halides is 3. The quantitative estimate of drug-likeness (QED) is 0.423. The minimum atomic E-state index is -4.23. The van der Waals surface area contributed by atoms with Crippen LogP contribution in [0.3, 0.4) is 0 Å². The summed E-state index contributed by atoms with van der Waals surface area (Å²) in [7, 11) is -4.18. The van der Waals surface area contributed by atoms with Crippen LogP contribution in [-0.2, 0) is 10.0 Å². The van der Waals surface area contributed by atoms with Gasteiger partial charge in [0.1, 0.15) is 6.10 Å². The number of fused-ring (bicyclic) bond motifs is 6. The molecule has 1 atom stereocenters. The average molecular weight is 630 g/mol. The van der Waals surface area contributed by atoms with Crippen LogP contribution in [0.25, 0.3) is 11.3 Å². The molecule has 1 saturated carbocycles. The van der Waals surface area contributed by atoms with Crippen LogP contribution in [0.5, 0.6) is 5.88 Å². The number of halogens is 3. The summed E-state index contributed by atoms with van der Waals surface area (Å²) in [6.45, 7) is 5.31. The Labute approximate surface area is 254 Å². The number of nitrogens with one attached hydrogen (secondary N) is 1. The summed E-state index contributed by atoms with van der Waals surface area (Å²) < 4.78 is 76.7. The zero-order chi connectivity index (χ0) is 31.3. The number of rotatable bonds is 4. The van der Waals surface area contributed by atoms with Crippen LogP contribution in [0.4, 0.5) is 19.1 Å². The van der Waals surface area contributed by atoms with E-state index in [9.17, 15) is 26.4 Å². The third-order valence-corrected chi connectivity index (χ3v) is 10.1. The lowest BCUT2D eigenvalue weighted by Gasteiger charge is -2.36. The first-order valence-electron chi connectivity index (χ1n) is 14.7. The van der Waals surface area contributed by atoms with Gasteiger partial charge in [-0.15, -0.1) is 0 Å². The minimum absolute atomic E-state index is 0.00873. The SMILES string of the molecule is Cc1cccc(C)c1-c1cc2nc(n1)NS(=O)(=O)c1cccc(c1)C(=O)N1CCCN(CCC3(C(F)(F)F)CC3)CC(C1)O2. The third kappa shape index (κ3) is 6.12. The Bertz CT molecular complexity index is 1670. The van der Waals surface area contributed by atoms with Crippen molar-refractivity contribution in [3.8, 4) is 17.1 Å². The maximum atomic E-state index is 13.7. The molecule has 44 heavy (non-hydrogen) atoms. The van der Waals surface area contributed by atoms with E-state index in [0.717, 1.165) is 16.7 Å². The summed E-state index contributed by atoms with van der Waals surface area (Å²) in [5.41, 5.74) is 1.66. The molecule has 234 valence electrons. The molecule has 3 aromatic rings. The molecule has 3 heterocycles. The number of nitrogens with zero attached hydrogens (tertiary/aromatic N) is 4. The molecule has 1 amide bonds. The van der Waals surface area contributed by atoms with Crippen molar-refractivity contribution in [2.24, 2.45) is 5.41 Å². The van der Waals surface area contributed by atoms with E-state index in [4.69, 9.17) is 4.74 Å². The molecule has 2 aliphatic heterocycles. The maximum Gasteiger partial charge on any atom is 0.394 e. The number of ether oxygens (including phenoxy) is 1. The van der Waals surface area contributed by atoms with Crippen LogP contribution in [0.2, 0.25) is 0 Å². The predicted molar refractivity (Wildman–Crippen MR) is 158 cm³/mol. The molecular weight excluding hydrogens is 595 g/mol. The van der Waals surface area contributed by atoms with Crippen molar-refractivity contribution in [1.29, 1.82) is 0 Å². The van der Waals surface area contributed by atoms with Gasteiger partial charge in [-0.25, -0.2) is 18.1 Å². The van der Waals surface area contributed by atoms with E-state index in [0.29, 0.717) is 25.2 Å². The zero-order valence-corrected chi connectivity index (χ0v) is 25.3. The molecule has 9 nitrogen and oxygen atoms in total. The summed E-state index contributed by atoms with van der Waals surface area (Å²) in [6, 6.07) is 13.2. The van der Waals surface area contributed by atoms with Crippen molar-refractivity contribution in [3.63, 3.8) is 0 Å². The Morgan fingerprint density at radius 2 is 1.75 bits per heavy atom. The van der Waals surface area contributed by atoms with E-state index in [1.54, 1.807) is 17.0 Å². The van der Waals surface area contributed by atoms with Crippen LogP contribution in [0.1, 0.15) is 47.2 Å². The zero-order valence-electron chi connectivity index (χ0n) is 24.5. The van der Waals surface area contributed by atoms with Crippen LogP contribution in [-0.4, -0.2) is 79.1 Å². The van der Waals surface area contributed by atoms with Crippen molar-refractivity contribution in [2.75, 3.05) is 37.4 Å². The Morgan fingerprint density at radius 3 is 2.45 bits per heavy atom. The molecule has 6 rings (SSSR count). The third-order valence-electron chi connectivity index (χ3n) is 8.78. The Morgan fingerprint density at radius 1 is 1.02 bits per heavy atom. The largest absolute Gasteiger partial charge is 0.471 e. The molecule has 0 spiro atoms. The van der Waals surface area contributed by atoms with E-state index in [1.165, 1.54) is 18.2 Å². The second kappa shape index (κ2) is 11.3. The van der Waals surface area contributed by atoms with Gasteiger partial charge in [-0.1, -0.05) is 24.3 Å². The highest BCUT2D eigenvalue weighted by atomic mass is 32.2. The van der Waals surface area contributed by atoms with Gasteiger partial charge < -0.3 is 9.64 Å².